The molecule has 0 spiro atoms. The lowest BCUT2D eigenvalue weighted by Crippen LogP contribution is -2.46. The molecular weight excluding hydrogens is 192 g/mol. The van der Waals surface area contributed by atoms with Crippen LogP contribution in [0.3, 0.4) is 0 Å². The van der Waals surface area contributed by atoms with Gasteiger partial charge in [0.05, 0.1) is 5.54 Å². The van der Waals surface area contributed by atoms with Gasteiger partial charge in [-0.2, -0.15) is 0 Å². The van der Waals surface area contributed by atoms with Crippen LogP contribution in [-0.2, 0) is 5.54 Å². The van der Waals surface area contributed by atoms with Crippen molar-refractivity contribution in [1.29, 1.82) is 0 Å². The fourth-order valence-corrected chi connectivity index (χ4v) is 3.33. The molecule has 3 atom stereocenters. The minimum absolute atomic E-state index is 0.152. The van der Waals surface area contributed by atoms with Crippen LogP contribution in [0.25, 0.3) is 0 Å². The van der Waals surface area contributed by atoms with Crippen molar-refractivity contribution in [2.24, 2.45) is 17.6 Å². The van der Waals surface area contributed by atoms with Gasteiger partial charge in [0, 0.05) is 11.6 Å². The maximum Gasteiger partial charge on any atom is 0.113 e. The van der Waals surface area contributed by atoms with Crippen LogP contribution in [0.5, 0.6) is 0 Å². The first-order valence-electron chi connectivity index (χ1n) is 5.32. The molecule has 0 saturated heterocycles. The molecule has 1 saturated carbocycles. The molecule has 1 aliphatic rings. The summed E-state index contributed by atoms with van der Waals surface area (Å²) in [6.45, 7) is 4.58. The summed E-state index contributed by atoms with van der Waals surface area (Å²) in [6, 6.07) is 0. The highest BCUT2D eigenvalue weighted by atomic mass is 32.1. The van der Waals surface area contributed by atoms with Crippen LogP contribution in [0.4, 0.5) is 0 Å². The van der Waals surface area contributed by atoms with E-state index >= 15 is 0 Å². The molecule has 1 heterocycles. The van der Waals surface area contributed by atoms with Crippen LogP contribution in [-0.4, -0.2) is 4.98 Å². The second kappa shape index (κ2) is 3.63. The summed E-state index contributed by atoms with van der Waals surface area (Å²) >= 11 is 1.70. The number of hydrogen-bond donors (Lipinski definition) is 1. The maximum atomic E-state index is 6.48. The normalized spacial score (nSPS) is 38.5. The molecular formula is C11H18N2S. The second-order valence-corrected chi connectivity index (χ2v) is 5.55. The Morgan fingerprint density at radius 1 is 1.57 bits per heavy atom. The molecule has 3 heteroatoms. The minimum Gasteiger partial charge on any atom is -0.319 e. The molecule has 1 aromatic rings. The van der Waals surface area contributed by atoms with E-state index in [-0.39, 0.29) is 5.54 Å². The standard InChI is InChI=1S/C11H18N2S/c1-8-3-4-11(12,9(2)7-8)10-13-5-6-14-10/h5-6,8-9H,3-4,7,12H2,1-2H3. The fraction of sp³-hybridized carbons (Fsp3) is 0.727. The summed E-state index contributed by atoms with van der Waals surface area (Å²) in [5.74, 6) is 1.37. The lowest BCUT2D eigenvalue weighted by Gasteiger charge is -2.40. The largest absolute Gasteiger partial charge is 0.319 e. The van der Waals surface area contributed by atoms with E-state index < -0.39 is 0 Å². The molecule has 0 bridgehead atoms. The van der Waals surface area contributed by atoms with Gasteiger partial charge in [-0.25, -0.2) is 4.98 Å². The van der Waals surface area contributed by atoms with Gasteiger partial charge in [0.25, 0.3) is 0 Å². The molecule has 14 heavy (non-hydrogen) atoms. The van der Waals surface area contributed by atoms with E-state index in [9.17, 15) is 0 Å². The number of aromatic nitrogens is 1. The predicted octanol–water partition coefficient (Wildman–Crippen LogP) is 2.75. The first kappa shape index (κ1) is 10.1. The van der Waals surface area contributed by atoms with E-state index in [1.807, 2.05) is 11.6 Å². The number of thiazole rings is 1. The predicted molar refractivity (Wildman–Crippen MR) is 60.2 cm³/mol. The first-order valence-corrected chi connectivity index (χ1v) is 6.19. The average molecular weight is 210 g/mol. The van der Waals surface area contributed by atoms with Gasteiger partial charge in [-0.05, 0) is 31.1 Å². The van der Waals surface area contributed by atoms with Gasteiger partial charge in [-0.3, -0.25) is 0 Å². The third-order valence-corrected chi connectivity index (χ3v) is 4.48. The number of nitrogens with zero attached hydrogens (tertiary/aromatic N) is 1. The minimum atomic E-state index is -0.152. The zero-order valence-electron chi connectivity index (χ0n) is 8.86. The molecule has 1 aromatic heterocycles. The molecule has 1 aliphatic carbocycles. The molecule has 0 aliphatic heterocycles. The van der Waals surface area contributed by atoms with Crippen LogP contribution in [0, 0.1) is 11.8 Å². The van der Waals surface area contributed by atoms with E-state index in [1.165, 1.54) is 12.8 Å². The van der Waals surface area contributed by atoms with E-state index in [2.05, 4.69) is 18.8 Å². The van der Waals surface area contributed by atoms with Gasteiger partial charge in [-0.1, -0.05) is 13.8 Å². The molecule has 0 aromatic carbocycles. The third-order valence-electron chi connectivity index (χ3n) is 3.52. The van der Waals surface area contributed by atoms with Crippen molar-refractivity contribution in [2.75, 3.05) is 0 Å². The van der Waals surface area contributed by atoms with E-state index in [0.29, 0.717) is 5.92 Å². The lowest BCUT2D eigenvalue weighted by atomic mass is 9.71. The SMILES string of the molecule is CC1CCC(N)(c2nccs2)C(C)C1. The summed E-state index contributed by atoms with van der Waals surface area (Å²) in [5, 5.41) is 3.14. The Bertz CT molecular complexity index is 296. The van der Waals surface area contributed by atoms with Gasteiger partial charge in [0.2, 0.25) is 0 Å². The first-order chi connectivity index (χ1) is 6.63. The van der Waals surface area contributed by atoms with Gasteiger partial charge >= 0.3 is 0 Å². The van der Waals surface area contributed by atoms with E-state index in [1.54, 1.807) is 11.3 Å². The molecule has 78 valence electrons. The Kier molecular flexibility index (Phi) is 2.62. The molecule has 1 fully saturated rings. The van der Waals surface area contributed by atoms with Gasteiger partial charge in [0.1, 0.15) is 5.01 Å². The summed E-state index contributed by atoms with van der Waals surface area (Å²) in [4.78, 5) is 4.38. The Balaban J connectivity index is 2.23. The van der Waals surface area contributed by atoms with Gasteiger partial charge in [0.15, 0.2) is 0 Å². The van der Waals surface area contributed by atoms with Crippen LogP contribution >= 0.6 is 11.3 Å². The smallest absolute Gasteiger partial charge is 0.113 e. The molecule has 2 N–H and O–H groups in total. The highest BCUT2D eigenvalue weighted by molar-refractivity contribution is 7.09. The number of hydrogen-bond acceptors (Lipinski definition) is 3. The maximum absolute atomic E-state index is 6.48. The van der Waals surface area contributed by atoms with Gasteiger partial charge in [-0.15, -0.1) is 11.3 Å². The third kappa shape index (κ3) is 1.59. The zero-order valence-corrected chi connectivity index (χ0v) is 9.68. The van der Waals surface area contributed by atoms with Crippen LogP contribution in [0.2, 0.25) is 0 Å². The van der Waals surface area contributed by atoms with Gasteiger partial charge < -0.3 is 5.73 Å². The summed E-state index contributed by atoms with van der Waals surface area (Å²) in [5.41, 5.74) is 6.33. The molecule has 0 amide bonds. The summed E-state index contributed by atoms with van der Waals surface area (Å²) in [7, 11) is 0. The Hall–Kier alpha value is -0.410. The molecule has 2 nitrogen and oxygen atoms in total. The monoisotopic (exact) mass is 210 g/mol. The van der Waals surface area contributed by atoms with Crippen molar-refractivity contribution in [1.82, 2.24) is 4.98 Å². The average Bonchev–Trinajstić information content (AvgIpc) is 2.65. The summed E-state index contributed by atoms with van der Waals surface area (Å²) in [6.07, 6.45) is 5.42. The van der Waals surface area contributed by atoms with Crippen molar-refractivity contribution >= 4 is 11.3 Å². The topological polar surface area (TPSA) is 38.9 Å². The Morgan fingerprint density at radius 2 is 2.36 bits per heavy atom. The van der Waals surface area contributed by atoms with E-state index in [0.717, 1.165) is 17.3 Å². The van der Waals surface area contributed by atoms with Crippen LogP contribution in [0.15, 0.2) is 11.6 Å². The second-order valence-electron chi connectivity index (χ2n) is 4.66. The highest BCUT2D eigenvalue weighted by Crippen LogP contribution is 2.42. The van der Waals surface area contributed by atoms with Crippen LogP contribution < -0.4 is 5.73 Å². The Morgan fingerprint density at radius 3 is 2.93 bits per heavy atom. The van der Waals surface area contributed by atoms with Crippen molar-refractivity contribution < 1.29 is 0 Å². The summed E-state index contributed by atoms with van der Waals surface area (Å²) < 4.78 is 0. The number of rotatable bonds is 1. The van der Waals surface area contributed by atoms with Crippen molar-refractivity contribution in [3.63, 3.8) is 0 Å². The zero-order chi connectivity index (χ0) is 10.2. The van der Waals surface area contributed by atoms with Crippen molar-refractivity contribution in [2.45, 2.75) is 38.6 Å². The fourth-order valence-electron chi connectivity index (χ4n) is 2.43. The molecule has 3 unspecified atom stereocenters. The van der Waals surface area contributed by atoms with Crippen molar-refractivity contribution in [3.05, 3.63) is 16.6 Å². The number of nitrogens with two attached hydrogens (primary N) is 1. The van der Waals surface area contributed by atoms with Crippen LogP contribution in [0.1, 0.15) is 38.1 Å². The molecule has 2 rings (SSSR count). The Labute approximate surface area is 89.5 Å². The lowest BCUT2D eigenvalue weighted by molar-refractivity contribution is 0.164. The van der Waals surface area contributed by atoms with Crippen molar-refractivity contribution in [3.8, 4) is 0 Å². The van der Waals surface area contributed by atoms with E-state index in [4.69, 9.17) is 5.73 Å². The molecule has 0 radical (unpaired) electrons. The highest BCUT2D eigenvalue weighted by Gasteiger charge is 2.39. The quantitative estimate of drug-likeness (QED) is 0.774.